The Morgan fingerprint density at radius 1 is 1.32 bits per heavy atom. The van der Waals surface area contributed by atoms with Crippen LogP contribution in [-0.4, -0.2) is 48.8 Å². The third-order valence-corrected chi connectivity index (χ3v) is 5.58. The number of carbonyl (C=O) groups is 3. The van der Waals surface area contributed by atoms with Gasteiger partial charge in [-0.1, -0.05) is 28.1 Å². The van der Waals surface area contributed by atoms with Gasteiger partial charge in [0.25, 0.3) is 0 Å². The Balaban J connectivity index is 1.61. The van der Waals surface area contributed by atoms with E-state index in [1.807, 2.05) is 24.3 Å². The van der Waals surface area contributed by atoms with Gasteiger partial charge in [-0.05, 0) is 43.4 Å². The van der Waals surface area contributed by atoms with Crippen LogP contribution in [0.1, 0.15) is 31.2 Å². The molecule has 1 heterocycles. The van der Waals surface area contributed by atoms with Gasteiger partial charge in [-0.15, -0.1) is 0 Å². The van der Waals surface area contributed by atoms with Gasteiger partial charge in [-0.3, -0.25) is 14.4 Å². The summed E-state index contributed by atoms with van der Waals surface area (Å²) >= 11 is 3.43. The van der Waals surface area contributed by atoms with Crippen molar-refractivity contribution >= 4 is 33.7 Å². The summed E-state index contributed by atoms with van der Waals surface area (Å²) in [5.41, 5.74) is 0.450. The summed E-state index contributed by atoms with van der Waals surface area (Å²) in [7, 11) is 1.57. The van der Waals surface area contributed by atoms with E-state index < -0.39 is 11.5 Å². The van der Waals surface area contributed by atoms with E-state index in [9.17, 15) is 14.4 Å². The van der Waals surface area contributed by atoms with Gasteiger partial charge in [0.1, 0.15) is 6.04 Å². The Hall–Kier alpha value is -1.89. The van der Waals surface area contributed by atoms with Gasteiger partial charge in [0, 0.05) is 18.1 Å². The maximum Gasteiger partial charge on any atom is 0.242 e. The average Bonchev–Trinajstić information content (AvgIpc) is 3.28. The van der Waals surface area contributed by atoms with Crippen LogP contribution in [0, 0.1) is 0 Å². The first-order valence-corrected chi connectivity index (χ1v) is 9.32. The predicted molar refractivity (Wildman–Crippen MR) is 96.9 cm³/mol. The standard InChI is InChI=1S/C18H22BrN3O3/c1-20-16(24)14-6-3-9-22(14)15(23)11-21-17(25)18(7-8-18)12-4-2-5-13(19)10-12/h2,4-5,10,14H,3,6-9,11H2,1H3,(H,20,24)(H,21,25). The van der Waals surface area contributed by atoms with E-state index >= 15 is 0 Å². The fourth-order valence-corrected chi connectivity index (χ4v) is 3.89. The number of nitrogens with zero attached hydrogens (tertiary/aromatic N) is 1. The number of nitrogens with one attached hydrogen (secondary N) is 2. The van der Waals surface area contributed by atoms with Crippen molar-refractivity contribution in [1.82, 2.24) is 15.5 Å². The highest BCUT2D eigenvalue weighted by atomic mass is 79.9. The molecule has 2 aliphatic rings. The molecule has 0 bridgehead atoms. The van der Waals surface area contributed by atoms with Gasteiger partial charge in [0.2, 0.25) is 17.7 Å². The molecule has 7 heteroatoms. The molecule has 3 amide bonds. The molecule has 2 fully saturated rings. The summed E-state index contributed by atoms with van der Waals surface area (Å²) in [5, 5.41) is 5.37. The quantitative estimate of drug-likeness (QED) is 0.772. The van der Waals surface area contributed by atoms with Crippen LogP contribution in [0.4, 0.5) is 0 Å². The maximum atomic E-state index is 12.7. The molecule has 1 saturated heterocycles. The van der Waals surface area contributed by atoms with Gasteiger partial charge < -0.3 is 15.5 Å². The highest BCUT2D eigenvalue weighted by Crippen LogP contribution is 2.48. The normalized spacial score (nSPS) is 20.9. The first kappa shape index (κ1) is 17.9. The largest absolute Gasteiger partial charge is 0.357 e. The van der Waals surface area contributed by atoms with Crippen LogP contribution in [0.5, 0.6) is 0 Å². The van der Waals surface area contributed by atoms with E-state index in [0.717, 1.165) is 29.3 Å². The van der Waals surface area contributed by atoms with Crippen LogP contribution in [0.15, 0.2) is 28.7 Å². The molecule has 2 N–H and O–H groups in total. The van der Waals surface area contributed by atoms with Gasteiger partial charge in [0.05, 0.1) is 12.0 Å². The Morgan fingerprint density at radius 2 is 2.08 bits per heavy atom. The van der Waals surface area contributed by atoms with Crippen LogP contribution in [-0.2, 0) is 19.8 Å². The minimum Gasteiger partial charge on any atom is -0.357 e. The van der Waals surface area contributed by atoms with Crippen LogP contribution >= 0.6 is 15.9 Å². The first-order valence-electron chi connectivity index (χ1n) is 8.53. The van der Waals surface area contributed by atoms with E-state index in [1.54, 1.807) is 11.9 Å². The molecular weight excluding hydrogens is 386 g/mol. The average molecular weight is 408 g/mol. The topological polar surface area (TPSA) is 78.5 Å². The lowest BCUT2D eigenvalue weighted by atomic mass is 9.95. The van der Waals surface area contributed by atoms with Crippen LogP contribution in [0.2, 0.25) is 0 Å². The van der Waals surface area contributed by atoms with E-state index in [-0.39, 0.29) is 24.3 Å². The number of likely N-dealkylation sites (N-methyl/N-ethyl adjacent to an activating group) is 1. The minimum atomic E-state index is -0.519. The monoisotopic (exact) mass is 407 g/mol. The van der Waals surface area contributed by atoms with Crippen molar-refractivity contribution in [3.8, 4) is 0 Å². The summed E-state index contributed by atoms with van der Waals surface area (Å²) in [4.78, 5) is 38.5. The zero-order valence-corrected chi connectivity index (χ0v) is 15.8. The molecule has 3 rings (SSSR count). The summed E-state index contributed by atoms with van der Waals surface area (Å²) in [6.07, 6.45) is 3.04. The van der Waals surface area contributed by atoms with E-state index in [4.69, 9.17) is 0 Å². The Morgan fingerprint density at radius 3 is 2.72 bits per heavy atom. The minimum absolute atomic E-state index is 0.0674. The van der Waals surface area contributed by atoms with Crippen molar-refractivity contribution in [2.45, 2.75) is 37.1 Å². The summed E-state index contributed by atoms with van der Waals surface area (Å²) in [5.74, 6) is -0.468. The lowest BCUT2D eigenvalue weighted by Crippen LogP contribution is -2.49. The molecule has 1 unspecified atom stereocenters. The molecule has 1 aliphatic carbocycles. The summed E-state index contributed by atoms with van der Waals surface area (Å²) in [6.45, 7) is 0.492. The van der Waals surface area contributed by atoms with Gasteiger partial charge >= 0.3 is 0 Å². The van der Waals surface area contributed by atoms with Gasteiger partial charge in [0.15, 0.2) is 0 Å². The SMILES string of the molecule is CNC(=O)C1CCCN1C(=O)CNC(=O)C1(c2cccc(Br)c2)CC1. The number of hydrogen-bond donors (Lipinski definition) is 2. The maximum absolute atomic E-state index is 12.7. The third-order valence-electron chi connectivity index (χ3n) is 5.08. The second-order valence-corrected chi connectivity index (χ2v) is 7.55. The fourth-order valence-electron chi connectivity index (χ4n) is 3.49. The number of carbonyl (C=O) groups excluding carboxylic acids is 3. The molecule has 0 aromatic heterocycles. The zero-order valence-electron chi connectivity index (χ0n) is 14.2. The molecule has 1 atom stereocenters. The number of benzene rings is 1. The lowest BCUT2D eigenvalue weighted by Gasteiger charge is -2.24. The number of hydrogen-bond acceptors (Lipinski definition) is 3. The molecule has 1 aromatic rings. The van der Waals surface area contributed by atoms with Crippen LogP contribution in [0.25, 0.3) is 0 Å². The first-order chi connectivity index (χ1) is 12.0. The number of amides is 3. The Labute approximate surface area is 155 Å². The highest BCUT2D eigenvalue weighted by Gasteiger charge is 2.51. The molecule has 1 aromatic carbocycles. The second kappa shape index (κ2) is 7.15. The van der Waals surface area contributed by atoms with Crippen molar-refractivity contribution < 1.29 is 14.4 Å². The van der Waals surface area contributed by atoms with Crippen LogP contribution in [0.3, 0.4) is 0 Å². The molecule has 0 spiro atoms. The molecule has 134 valence electrons. The van der Waals surface area contributed by atoms with Gasteiger partial charge in [-0.2, -0.15) is 0 Å². The highest BCUT2D eigenvalue weighted by molar-refractivity contribution is 9.10. The molecular formula is C18H22BrN3O3. The zero-order chi connectivity index (χ0) is 18.0. The van der Waals surface area contributed by atoms with E-state index in [1.165, 1.54) is 0 Å². The Bertz CT molecular complexity index is 703. The summed E-state index contributed by atoms with van der Waals surface area (Å²) in [6, 6.07) is 7.32. The van der Waals surface area contributed by atoms with E-state index in [2.05, 4.69) is 26.6 Å². The number of rotatable bonds is 5. The van der Waals surface area contributed by atoms with Crippen molar-refractivity contribution in [3.63, 3.8) is 0 Å². The number of halogens is 1. The number of likely N-dealkylation sites (tertiary alicyclic amines) is 1. The van der Waals surface area contributed by atoms with Crippen molar-refractivity contribution in [3.05, 3.63) is 34.3 Å². The lowest BCUT2D eigenvalue weighted by molar-refractivity contribution is -0.138. The second-order valence-electron chi connectivity index (χ2n) is 6.63. The molecule has 25 heavy (non-hydrogen) atoms. The predicted octanol–water partition coefficient (Wildman–Crippen LogP) is 1.33. The van der Waals surface area contributed by atoms with Gasteiger partial charge in [-0.25, -0.2) is 0 Å². The fraction of sp³-hybridized carbons (Fsp3) is 0.500. The third kappa shape index (κ3) is 3.56. The molecule has 1 aliphatic heterocycles. The van der Waals surface area contributed by atoms with Crippen molar-refractivity contribution in [2.75, 3.05) is 20.1 Å². The molecule has 1 saturated carbocycles. The van der Waals surface area contributed by atoms with Crippen LogP contribution < -0.4 is 10.6 Å². The Kier molecular flexibility index (Phi) is 5.13. The van der Waals surface area contributed by atoms with Crippen molar-refractivity contribution in [2.24, 2.45) is 0 Å². The molecule has 0 radical (unpaired) electrons. The molecule has 6 nitrogen and oxygen atoms in total. The van der Waals surface area contributed by atoms with Crippen molar-refractivity contribution in [1.29, 1.82) is 0 Å². The smallest absolute Gasteiger partial charge is 0.242 e. The van der Waals surface area contributed by atoms with E-state index in [0.29, 0.717) is 13.0 Å². The summed E-state index contributed by atoms with van der Waals surface area (Å²) < 4.78 is 0.936.